The van der Waals surface area contributed by atoms with Crippen molar-refractivity contribution in [3.05, 3.63) is 89.0 Å². The highest BCUT2D eigenvalue weighted by Crippen LogP contribution is 2.23. The lowest BCUT2D eigenvalue weighted by Crippen LogP contribution is -2.51. The number of nitro groups is 1. The van der Waals surface area contributed by atoms with E-state index in [0.29, 0.717) is 5.75 Å². The highest BCUT2D eigenvalue weighted by atomic mass is 32.2. The molecule has 0 radical (unpaired) electrons. The van der Waals surface area contributed by atoms with Crippen LogP contribution in [0.4, 0.5) is 5.69 Å². The maximum Gasteiger partial charge on any atom is 0.269 e. The number of carbonyl (C=O) groups excluding carboxylic acids is 1. The fourth-order valence-electron chi connectivity index (χ4n) is 3.68. The smallest absolute Gasteiger partial charge is 0.269 e. The third kappa shape index (κ3) is 5.24. The van der Waals surface area contributed by atoms with E-state index in [4.69, 9.17) is 4.74 Å². The van der Waals surface area contributed by atoms with Gasteiger partial charge in [-0.2, -0.15) is 4.31 Å². The van der Waals surface area contributed by atoms with Gasteiger partial charge in [-0.15, -0.1) is 0 Å². The average Bonchev–Trinajstić information content (AvgIpc) is 2.88. The lowest BCUT2D eigenvalue weighted by Gasteiger charge is -2.33. The van der Waals surface area contributed by atoms with E-state index in [1.54, 1.807) is 4.90 Å². The van der Waals surface area contributed by atoms with Gasteiger partial charge in [-0.1, -0.05) is 42.5 Å². The summed E-state index contributed by atoms with van der Waals surface area (Å²) in [6, 6.07) is 22.2. The molecule has 3 aromatic rings. The molecule has 0 N–H and O–H groups in total. The van der Waals surface area contributed by atoms with E-state index in [2.05, 4.69) is 0 Å². The maximum absolute atomic E-state index is 12.8. The van der Waals surface area contributed by atoms with Crippen molar-refractivity contribution in [2.45, 2.75) is 4.90 Å². The van der Waals surface area contributed by atoms with Crippen LogP contribution < -0.4 is 4.74 Å². The summed E-state index contributed by atoms with van der Waals surface area (Å²) >= 11 is 0. The van der Waals surface area contributed by atoms with E-state index in [1.807, 2.05) is 54.6 Å². The molecule has 0 aliphatic carbocycles. The standard InChI is InChI=1S/C24H23N3O6S/c28-24(18-33-22-10-6-20(7-11-22)19-4-2-1-3-5-19)25-14-16-26(17-15-25)34(31,32)23-12-8-21(9-13-23)27(29)30/h1-13H,14-18H2. The zero-order valence-corrected chi connectivity index (χ0v) is 19.1. The molecule has 0 atom stereocenters. The summed E-state index contributed by atoms with van der Waals surface area (Å²) < 4.78 is 32.5. The highest BCUT2D eigenvalue weighted by molar-refractivity contribution is 7.89. The monoisotopic (exact) mass is 481 g/mol. The summed E-state index contributed by atoms with van der Waals surface area (Å²) in [5.41, 5.74) is 1.96. The van der Waals surface area contributed by atoms with Crippen molar-refractivity contribution < 1.29 is 22.9 Å². The van der Waals surface area contributed by atoms with Gasteiger partial charge in [0, 0.05) is 38.3 Å². The number of nitro benzene ring substituents is 1. The predicted molar refractivity (Wildman–Crippen MR) is 126 cm³/mol. The minimum atomic E-state index is -3.79. The van der Waals surface area contributed by atoms with E-state index in [1.165, 1.54) is 16.4 Å². The lowest BCUT2D eigenvalue weighted by atomic mass is 10.1. The number of benzene rings is 3. The highest BCUT2D eigenvalue weighted by Gasteiger charge is 2.30. The van der Waals surface area contributed by atoms with Crippen LogP contribution in [0.2, 0.25) is 0 Å². The Labute approximate surface area is 197 Å². The number of hydrogen-bond acceptors (Lipinski definition) is 6. The Bertz CT molecular complexity index is 1250. The van der Waals surface area contributed by atoms with E-state index >= 15 is 0 Å². The van der Waals surface area contributed by atoms with Crippen LogP contribution in [0, 0.1) is 10.1 Å². The second-order valence-electron chi connectivity index (χ2n) is 7.71. The molecule has 3 aromatic carbocycles. The molecule has 9 nitrogen and oxygen atoms in total. The van der Waals surface area contributed by atoms with Crippen molar-refractivity contribution in [2.24, 2.45) is 0 Å². The second-order valence-corrected chi connectivity index (χ2v) is 9.65. The van der Waals surface area contributed by atoms with Gasteiger partial charge in [0.1, 0.15) is 5.75 Å². The minimum absolute atomic E-state index is 0.0137. The first kappa shape index (κ1) is 23.4. The predicted octanol–water partition coefficient (Wildman–Crippen LogP) is 3.17. The van der Waals surface area contributed by atoms with Crippen molar-refractivity contribution in [1.82, 2.24) is 9.21 Å². The molecule has 10 heteroatoms. The lowest BCUT2D eigenvalue weighted by molar-refractivity contribution is -0.384. The van der Waals surface area contributed by atoms with Gasteiger partial charge in [0.25, 0.3) is 11.6 Å². The van der Waals surface area contributed by atoms with Gasteiger partial charge in [-0.05, 0) is 35.4 Å². The first-order chi connectivity index (χ1) is 16.3. The largest absolute Gasteiger partial charge is 0.484 e. The summed E-state index contributed by atoms with van der Waals surface area (Å²) in [6.07, 6.45) is 0. The second kappa shape index (κ2) is 10.0. The molecule has 1 amide bonds. The van der Waals surface area contributed by atoms with Gasteiger partial charge in [0.05, 0.1) is 9.82 Å². The van der Waals surface area contributed by atoms with Gasteiger partial charge < -0.3 is 9.64 Å². The average molecular weight is 482 g/mol. The van der Waals surface area contributed by atoms with Crippen molar-refractivity contribution >= 4 is 21.6 Å². The Balaban J connectivity index is 1.29. The molecule has 176 valence electrons. The number of rotatable bonds is 7. The first-order valence-electron chi connectivity index (χ1n) is 10.7. The third-order valence-electron chi connectivity index (χ3n) is 5.60. The van der Waals surface area contributed by atoms with Gasteiger partial charge in [0.15, 0.2) is 6.61 Å². The van der Waals surface area contributed by atoms with Crippen LogP contribution in [0.5, 0.6) is 5.75 Å². The number of ether oxygens (including phenoxy) is 1. The van der Waals surface area contributed by atoms with Crippen LogP contribution in [0.1, 0.15) is 0 Å². The molecule has 1 aliphatic rings. The van der Waals surface area contributed by atoms with Gasteiger partial charge >= 0.3 is 0 Å². The third-order valence-corrected chi connectivity index (χ3v) is 7.51. The molecule has 4 rings (SSSR count). The normalized spacial score (nSPS) is 14.5. The van der Waals surface area contributed by atoms with Crippen molar-refractivity contribution in [1.29, 1.82) is 0 Å². The summed E-state index contributed by atoms with van der Waals surface area (Å²) in [5.74, 6) is 0.354. The molecule has 0 aromatic heterocycles. The van der Waals surface area contributed by atoms with Crippen LogP contribution in [0.15, 0.2) is 83.8 Å². The number of piperazine rings is 1. The number of non-ortho nitro benzene ring substituents is 1. The molecule has 34 heavy (non-hydrogen) atoms. The summed E-state index contributed by atoms with van der Waals surface area (Å²) in [6.45, 7) is 0.607. The Hall–Kier alpha value is -3.76. The number of hydrogen-bond donors (Lipinski definition) is 0. The number of carbonyl (C=O) groups is 1. The Morgan fingerprint density at radius 3 is 2.03 bits per heavy atom. The molecular formula is C24H23N3O6S. The first-order valence-corrected chi connectivity index (χ1v) is 12.1. The van der Waals surface area contributed by atoms with Gasteiger partial charge in [-0.3, -0.25) is 14.9 Å². The molecule has 0 spiro atoms. The van der Waals surface area contributed by atoms with Crippen molar-refractivity contribution in [3.8, 4) is 16.9 Å². The fourth-order valence-corrected chi connectivity index (χ4v) is 5.10. The Kier molecular flexibility index (Phi) is 6.90. The van der Waals surface area contributed by atoms with Crippen LogP contribution in [-0.4, -0.2) is 61.2 Å². The molecular weight excluding hydrogens is 458 g/mol. The van der Waals surface area contributed by atoms with E-state index < -0.39 is 14.9 Å². The Morgan fingerprint density at radius 2 is 1.44 bits per heavy atom. The summed E-state index contributed by atoms with van der Waals surface area (Å²) in [5, 5.41) is 10.8. The van der Waals surface area contributed by atoms with Gasteiger partial charge in [-0.25, -0.2) is 8.42 Å². The zero-order chi connectivity index (χ0) is 24.1. The molecule has 1 saturated heterocycles. The molecule has 1 heterocycles. The van der Waals surface area contributed by atoms with Crippen molar-refractivity contribution in [3.63, 3.8) is 0 Å². The quantitative estimate of drug-likeness (QED) is 0.379. The maximum atomic E-state index is 12.8. The van der Waals surface area contributed by atoms with Gasteiger partial charge in [0.2, 0.25) is 10.0 Å². The van der Waals surface area contributed by atoms with Crippen LogP contribution in [0.3, 0.4) is 0 Å². The number of sulfonamides is 1. The SMILES string of the molecule is O=C(COc1ccc(-c2ccccc2)cc1)N1CCN(S(=O)(=O)c2ccc([N+](=O)[O-])cc2)CC1. The molecule has 0 bridgehead atoms. The number of nitrogens with zero attached hydrogens (tertiary/aromatic N) is 3. The van der Waals surface area contributed by atoms with Crippen LogP contribution in [0.25, 0.3) is 11.1 Å². The van der Waals surface area contributed by atoms with Crippen molar-refractivity contribution in [2.75, 3.05) is 32.8 Å². The topological polar surface area (TPSA) is 110 Å². The number of amides is 1. The van der Waals surface area contributed by atoms with Crippen LogP contribution in [-0.2, 0) is 14.8 Å². The molecule has 0 saturated carbocycles. The Morgan fingerprint density at radius 1 is 0.853 bits per heavy atom. The van der Waals surface area contributed by atoms with E-state index in [0.717, 1.165) is 23.3 Å². The molecule has 1 aliphatic heterocycles. The van der Waals surface area contributed by atoms with E-state index in [-0.39, 0.29) is 49.3 Å². The molecule has 0 unspecified atom stereocenters. The zero-order valence-electron chi connectivity index (χ0n) is 18.2. The van der Waals surface area contributed by atoms with E-state index in [9.17, 15) is 23.3 Å². The summed E-state index contributed by atoms with van der Waals surface area (Å²) in [4.78, 5) is 24.3. The summed E-state index contributed by atoms with van der Waals surface area (Å²) in [7, 11) is -3.79. The fraction of sp³-hybridized carbons (Fsp3) is 0.208. The molecule has 1 fully saturated rings. The minimum Gasteiger partial charge on any atom is -0.484 e. The van der Waals surface area contributed by atoms with Crippen LogP contribution >= 0.6 is 0 Å².